The summed E-state index contributed by atoms with van der Waals surface area (Å²) in [5.41, 5.74) is 2.56. The van der Waals surface area contributed by atoms with Crippen LogP contribution in [0.5, 0.6) is 0 Å². The second-order valence-electron chi connectivity index (χ2n) is 4.67. The predicted molar refractivity (Wildman–Crippen MR) is 79.6 cm³/mol. The first-order valence-corrected chi connectivity index (χ1v) is 7.40. The summed E-state index contributed by atoms with van der Waals surface area (Å²) < 4.78 is 0.871. The van der Waals surface area contributed by atoms with Crippen molar-refractivity contribution in [1.82, 2.24) is 9.97 Å². The van der Waals surface area contributed by atoms with Gasteiger partial charge in [-0.1, -0.05) is 27.5 Å². The molecule has 0 fully saturated rings. The van der Waals surface area contributed by atoms with Gasteiger partial charge >= 0.3 is 0 Å². The van der Waals surface area contributed by atoms with Gasteiger partial charge in [0.15, 0.2) is 0 Å². The molecule has 19 heavy (non-hydrogen) atoms. The number of aryl methyl sites for hydroxylation is 1. The molecule has 2 aromatic rings. The minimum Gasteiger partial charge on any atom is -0.306 e. The highest BCUT2D eigenvalue weighted by atomic mass is 79.9. The van der Waals surface area contributed by atoms with E-state index in [-0.39, 0.29) is 5.56 Å². The van der Waals surface area contributed by atoms with Crippen molar-refractivity contribution in [2.75, 3.05) is 0 Å². The van der Waals surface area contributed by atoms with Crippen molar-refractivity contribution < 1.29 is 0 Å². The molecule has 0 atom stereocenters. The van der Waals surface area contributed by atoms with Gasteiger partial charge in [0.05, 0.1) is 5.69 Å². The molecule has 0 aliphatic heterocycles. The number of fused-ring (bicyclic) bond motifs is 1. The Labute approximate surface area is 124 Å². The smallest absolute Gasteiger partial charge is 0.254 e. The third-order valence-electron chi connectivity index (χ3n) is 3.38. The summed E-state index contributed by atoms with van der Waals surface area (Å²) in [5.74, 6) is 0.583. The Morgan fingerprint density at radius 2 is 2.05 bits per heavy atom. The monoisotopic (exact) mass is 338 g/mol. The van der Waals surface area contributed by atoms with Gasteiger partial charge in [-0.05, 0) is 43.9 Å². The van der Waals surface area contributed by atoms with Crippen LogP contribution in [0, 0.1) is 0 Å². The SMILES string of the molecule is O=c1[nH]c(-c2cc(Cl)ccc2Br)nc2c1CCCC2. The van der Waals surface area contributed by atoms with Crippen LogP contribution < -0.4 is 5.56 Å². The van der Waals surface area contributed by atoms with E-state index in [0.29, 0.717) is 10.8 Å². The van der Waals surface area contributed by atoms with Gasteiger partial charge in [-0.25, -0.2) is 4.98 Å². The van der Waals surface area contributed by atoms with Crippen molar-refractivity contribution >= 4 is 27.5 Å². The summed E-state index contributed by atoms with van der Waals surface area (Å²) in [7, 11) is 0. The Bertz CT molecular complexity index is 696. The maximum absolute atomic E-state index is 12.1. The van der Waals surface area contributed by atoms with Crippen LogP contribution in [0.25, 0.3) is 11.4 Å². The number of nitrogens with zero attached hydrogens (tertiary/aromatic N) is 1. The number of hydrogen-bond acceptors (Lipinski definition) is 2. The van der Waals surface area contributed by atoms with Crippen molar-refractivity contribution in [2.45, 2.75) is 25.7 Å². The Morgan fingerprint density at radius 1 is 1.26 bits per heavy atom. The summed E-state index contributed by atoms with van der Waals surface area (Å²) >= 11 is 9.48. The second kappa shape index (κ2) is 5.10. The summed E-state index contributed by atoms with van der Waals surface area (Å²) in [6.07, 6.45) is 3.87. The van der Waals surface area contributed by atoms with E-state index in [1.807, 2.05) is 6.07 Å². The van der Waals surface area contributed by atoms with E-state index >= 15 is 0 Å². The molecule has 0 radical (unpaired) electrons. The molecule has 0 saturated carbocycles. The summed E-state index contributed by atoms with van der Waals surface area (Å²) in [6, 6.07) is 5.46. The lowest BCUT2D eigenvalue weighted by Gasteiger charge is -2.15. The topological polar surface area (TPSA) is 45.8 Å². The molecule has 0 bridgehead atoms. The van der Waals surface area contributed by atoms with Crippen molar-refractivity contribution in [3.8, 4) is 11.4 Å². The van der Waals surface area contributed by atoms with E-state index in [4.69, 9.17) is 11.6 Å². The largest absolute Gasteiger partial charge is 0.306 e. The van der Waals surface area contributed by atoms with Gasteiger partial charge in [-0.15, -0.1) is 0 Å². The van der Waals surface area contributed by atoms with Crippen LogP contribution in [-0.2, 0) is 12.8 Å². The number of aromatic amines is 1. The minimum absolute atomic E-state index is 0.0217. The number of rotatable bonds is 1. The Balaban J connectivity index is 2.18. The van der Waals surface area contributed by atoms with Crippen LogP contribution >= 0.6 is 27.5 Å². The van der Waals surface area contributed by atoms with Crippen molar-refractivity contribution in [3.63, 3.8) is 0 Å². The summed E-state index contributed by atoms with van der Waals surface area (Å²) in [6.45, 7) is 0. The molecule has 3 nitrogen and oxygen atoms in total. The standard InChI is InChI=1S/C14H12BrClN2O/c15-11-6-5-8(16)7-10(11)13-17-12-4-2-1-3-9(12)14(19)18-13/h5-7H,1-4H2,(H,17,18,19). The molecule has 1 aromatic carbocycles. The van der Waals surface area contributed by atoms with Gasteiger partial charge in [-0.3, -0.25) is 4.79 Å². The van der Waals surface area contributed by atoms with Gasteiger partial charge in [0, 0.05) is 20.6 Å². The summed E-state index contributed by atoms with van der Waals surface area (Å²) in [5, 5.41) is 0.624. The van der Waals surface area contributed by atoms with Crippen molar-refractivity contribution in [1.29, 1.82) is 0 Å². The number of H-pyrrole nitrogens is 1. The van der Waals surface area contributed by atoms with Crippen LogP contribution in [0.1, 0.15) is 24.1 Å². The molecule has 0 unspecified atom stereocenters. The zero-order chi connectivity index (χ0) is 13.4. The maximum atomic E-state index is 12.1. The van der Waals surface area contributed by atoms with Gasteiger partial charge in [0.2, 0.25) is 0 Å². The number of halogens is 2. The third kappa shape index (κ3) is 2.47. The molecule has 0 saturated heterocycles. The van der Waals surface area contributed by atoms with E-state index in [0.717, 1.165) is 47.0 Å². The van der Waals surface area contributed by atoms with Crippen LogP contribution in [0.2, 0.25) is 5.02 Å². The molecule has 0 spiro atoms. The first kappa shape index (κ1) is 12.9. The number of aromatic nitrogens is 2. The number of nitrogens with one attached hydrogen (secondary N) is 1. The summed E-state index contributed by atoms with van der Waals surface area (Å²) in [4.78, 5) is 19.6. The van der Waals surface area contributed by atoms with Crippen LogP contribution in [0.4, 0.5) is 0 Å². The average molecular weight is 340 g/mol. The number of benzene rings is 1. The lowest BCUT2D eigenvalue weighted by molar-refractivity contribution is 0.657. The lowest BCUT2D eigenvalue weighted by Crippen LogP contribution is -2.21. The van der Waals surface area contributed by atoms with Crippen molar-refractivity contribution in [3.05, 3.63) is 49.3 Å². The molecule has 1 N–H and O–H groups in total. The van der Waals surface area contributed by atoms with Gasteiger partial charge < -0.3 is 4.98 Å². The van der Waals surface area contributed by atoms with Gasteiger partial charge in [-0.2, -0.15) is 0 Å². The molecular weight excluding hydrogens is 328 g/mol. The molecule has 1 heterocycles. The lowest BCUT2D eigenvalue weighted by atomic mass is 9.97. The fourth-order valence-corrected chi connectivity index (χ4v) is 3.02. The van der Waals surface area contributed by atoms with Crippen LogP contribution in [-0.4, -0.2) is 9.97 Å². The van der Waals surface area contributed by atoms with Crippen LogP contribution in [0.15, 0.2) is 27.5 Å². The van der Waals surface area contributed by atoms with E-state index in [1.165, 1.54) is 0 Å². The highest BCUT2D eigenvalue weighted by Crippen LogP contribution is 2.29. The first-order chi connectivity index (χ1) is 9.15. The normalized spacial score (nSPS) is 14.2. The predicted octanol–water partition coefficient (Wildman–Crippen LogP) is 3.73. The molecule has 0 amide bonds. The molecule has 3 rings (SSSR count). The molecule has 1 aliphatic rings. The average Bonchev–Trinajstić information content (AvgIpc) is 2.41. The fraction of sp³-hybridized carbons (Fsp3) is 0.286. The first-order valence-electron chi connectivity index (χ1n) is 6.22. The molecule has 5 heteroatoms. The van der Waals surface area contributed by atoms with Gasteiger partial charge in [0.25, 0.3) is 5.56 Å². The van der Waals surface area contributed by atoms with E-state index < -0.39 is 0 Å². The molecule has 98 valence electrons. The highest BCUT2D eigenvalue weighted by molar-refractivity contribution is 9.10. The quantitative estimate of drug-likeness (QED) is 0.860. The van der Waals surface area contributed by atoms with E-state index in [9.17, 15) is 4.79 Å². The zero-order valence-corrected chi connectivity index (χ0v) is 12.5. The second-order valence-corrected chi connectivity index (χ2v) is 5.96. The Hall–Kier alpha value is -1.13. The maximum Gasteiger partial charge on any atom is 0.254 e. The zero-order valence-electron chi connectivity index (χ0n) is 10.2. The highest BCUT2D eigenvalue weighted by Gasteiger charge is 2.17. The Kier molecular flexibility index (Phi) is 3.46. The Morgan fingerprint density at radius 3 is 2.89 bits per heavy atom. The number of hydrogen-bond donors (Lipinski definition) is 1. The van der Waals surface area contributed by atoms with Crippen LogP contribution in [0.3, 0.4) is 0 Å². The third-order valence-corrected chi connectivity index (χ3v) is 4.30. The molecule has 1 aromatic heterocycles. The molecule has 1 aliphatic carbocycles. The van der Waals surface area contributed by atoms with E-state index in [1.54, 1.807) is 12.1 Å². The van der Waals surface area contributed by atoms with Gasteiger partial charge in [0.1, 0.15) is 5.82 Å². The minimum atomic E-state index is -0.0217. The van der Waals surface area contributed by atoms with Crippen molar-refractivity contribution in [2.24, 2.45) is 0 Å². The fourth-order valence-electron chi connectivity index (χ4n) is 2.41. The molecular formula is C14H12BrClN2O. The van der Waals surface area contributed by atoms with E-state index in [2.05, 4.69) is 25.9 Å².